The van der Waals surface area contributed by atoms with Gasteiger partial charge in [0.2, 0.25) is 10.0 Å². The molecule has 1 amide bonds. The minimum atomic E-state index is -3.58. The quantitative estimate of drug-likeness (QED) is 0.638. The number of carbonyl (C=O) groups excluding carboxylic acids is 1. The molecule has 1 atom stereocenters. The van der Waals surface area contributed by atoms with Crippen molar-refractivity contribution in [2.75, 3.05) is 39.8 Å². The first-order valence-corrected chi connectivity index (χ1v) is 13.2. The molecule has 2 aliphatic rings. The van der Waals surface area contributed by atoms with E-state index in [0.29, 0.717) is 25.2 Å². The standard InChI is InChI=1S/C25H33N3O4S/c1-32-22-12-10-20(11-13-22)24(27-14-5-6-15-27)19-26-25(29)21-8-7-9-23(18-21)33(30,31)28-16-3-2-4-17-28/h7-13,18,24H,2-6,14-17,19H2,1H3,(H,26,29)/t24-/m1/s1. The van der Waals surface area contributed by atoms with E-state index in [2.05, 4.69) is 10.2 Å². The summed E-state index contributed by atoms with van der Waals surface area (Å²) < 4.78 is 32.8. The number of hydrogen-bond donors (Lipinski definition) is 1. The van der Waals surface area contributed by atoms with Crippen LogP contribution in [0.15, 0.2) is 53.4 Å². The second-order valence-corrected chi connectivity index (χ2v) is 10.7. The van der Waals surface area contributed by atoms with Gasteiger partial charge in [-0.05, 0) is 74.7 Å². The van der Waals surface area contributed by atoms with Crippen LogP contribution in [0.3, 0.4) is 0 Å². The molecule has 0 spiro atoms. The van der Waals surface area contributed by atoms with Gasteiger partial charge in [-0.3, -0.25) is 9.69 Å². The van der Waals surface area contributed by atoms with Gasteiger partial charge in [0.25, 0.3) is 5.91 Å². The molecule has 0 unspecified atom stereocenters. The summed E-state index contributed by atoms with van der Waals surface area (Å²) in [4.78, 5) is 15.6. The summed E-state index contributed by atoms with van der Waals surface area (Å²) in [6.45, 7) is 3.52. The van der Waals surface area contributed by atoms with Crippen LogP contribution in [0.25, 0.3) is 0 Å². The third-order valence-electron chi connectivity index (χ3n) is 6.59. The van der Waals surface area contributed by atoms with Gasteiger partial charge in [0.15, 0.2) is 0 Å². The highest BCUT2D eigenvalue weighted by molar-refractivity contribution is 7.89. The molecular weight excluding hydrogens is 438 g/mol. The van der Waals surface area contributed by atoms with Crippen molar-refractivity contribution in [3.8, 4) is 5.75 Å². The summed E-state index contributed by atoms with van der Waals surface area (Å²) in [6.07, 6.45) is 5.11. The molecule has 2 saturated heterocycles. The number of piperidine rings is 1. The minimum absolute atomic E-state index is 0.0580. The minimum Gasteiger partial charge on any atom is -0.497 e. The Labute approximate surface area is 196 Å². The SMILES string of the molecule is COc1ccc([C@@H](CNC(=O)c2cccc(S(=O)(=O)N3CCCCC3)c2)N2CCCC2)cc1. The van der Waals surface area contributed by atoms with Crippen molar-refractivity contribution in [2.45, 2.75) is 43.0 Å². The lowest BCUT2D eigenvalue weighted by molar-refractivity contribution is 0.0937. The summed E-state index contributed by atoms with van der Waals surface area (Å²) in [5, 5.41) is 3.04. The number of rotatable bonds is 8. The molecule has 0 aliphatic carbocycles. The molecule has 8 heteroatoms. The third-order valence-corrected chi connectivity index (χ3v) is 8.48. The second-order valence-electron chi connectivity index (χ2n) is 8.73. The first-order valence-electron chi connectivity index (χ1n) is 11.8. The van der Waals surface area contributed by atoms with Crippen molar-refractivity contribution in [1.29, 1.82) is 0 Å². The highest BCUT2D eigenvalue weighted by atomic mass is 32.2. The number of methoxy groups -OCH3 is 1. The Bertz CT molecular complexity index is 1040. The Kier molecular flexibility index (Phi) is 7.67. The van der Waals surface area contributed by atoms with Crippen LogP contribution in [-0.4, -0.2) is 63.4 Å². The smallest absolute Gasteiger partial charge is 0.251 e. The molecule has 7 nitrogen and oxygen atoms in total. The van der Waals surface area contributed by atoms with Crippen LogP contribution in [0.1, 0.15) is 54.1 Å². The van der Waals surface area contributed by atoms with E-state index in [9.17, 15) is 13.2 Å². The van der Waals surface area contributed by atoms with Crippen LogP contribution >= 0.6 is 0 Å². The monoisotopic (exact) mass is 471 g/mol. The molecule has 1 N–H and O–H groups in total. The van der Waals surface area contributed by atoms with Crippen LogP contribution in [-0.2, 0) is 10.0 Å². The number of benzene rings is 2. The van der Waals surface area contributed by atoms with Gasteiger partial charge in [0.1, 0.15) is 5.75 Å². The largest absolute Gasteiger partial charge is 0.497 e. The lowest BCUT2D eigenvalue weighted by Crippen LogP contribution is -2.37. The molecule has 2 aromatic carbocycles. The summed E-state index contributed by atoms with van der Waals surface area (Å²) in [5.41, 5.74) is 1.49. The summed E-state index contributed by atoms with van der Waals surface area (Å²) in [7, 11) is -1.93. The van der Waals surface area contributed by atoms with E-state index in [1.165, 1.54) is 10.4 Å². The molecule has 2 aliphatic heterocycles. The molecule has 0 bridgehead atoms. The molecule has 33 heavy (non-hydrogen) atoms. The number of nitrogens with zero attached hydrogens (tertiary/aromatic N) is 2. The fraction of sp³-hybridized carbons (Fsp3) is 0.480. The van der Waals surface area contributed by atoms with Crippen LogP contribution < -0.4 is 10.1 Å². The first kappa shape index (κ1) is 23.7. The molecule has 0 radical (unpaired) electrons. The van der Waals surface area contributed by atoms with Gasteiger partial charge in [0, 0.05) is 25.2 Å². The summed E-state index contributed by atoms with van der Waals surface area (Å²) in [5.74, 6) is 0.540. The maximum absolute atomic E-state index is 13.0. The molecule has 178 valence electrons. The molecule has 4 rings (SSSR count). The second kappa shape index (κ2) is 10.7. The van der Waals surface area contributed by atoms with E-state index < -0.39 is 10.0 Å². The Balaban J connectivity index is 1.47. The molecule has 0 saturated carbocycles. The maximum atomic E-state index is 13.0. The van der Waals surface area contributed by atoms with Gasteiger partial charge >= 0.3 is 0 Å². The topological polar surface area (TPSA) is 78.9 Å². The zero-order valence-electron chi connectivity index (χ0n) is 19.2. The van der Waals surface area contributed by atoms with Crippen molar-refractivity contribution in [1.82, 2.24) is 14.5 Å². The highest BCUT2D eigenvalue weighted by Gasteiger charge is 2.27. The average molecular weight is 472 g/mol. The van der Waals surface area contributed by atoms with Crippen molar-refractivity contribution in [3.05, 3.63) is 59.7 Å². The fourth-order valence-electron chi connectivity index (χ4n) is 4.68. The Morgan fingerprint density at radius 2 is 1.64 bits per heavy atom. The Morgan fingerprint density at radius 3 is 2.30 bits per heavy atom. The van der Waals surface area contributed by atoms with Gasteiger partial charge in [0.05, 0.1) is 18.0 Å². The summed E-state index contributed by atoms with van der Waals surface area (Å²) in [6, 6.07) is 14.4. The van der Waals surface area contributed by atoms with E-state index in [1.54, 1.807) is 25.3 Å². The highest BCUT2D eigenvalue weighted by Crippen LogP contribution is 2.27. The van der Waals surface area contributed by atoms with Gasteiger partial charge in [-0.1, -0.05) is 24.6 Å². The first-order chi connectivity index (χ1) is 16.0. The number of ether oxygens (including phenoxy) is 1. The van der Waals surface area contributed by atoms with Crippen molar-refractivity contribution in [3.63, 3.8) is 0 Å². The number of likely N-dealkylation sites (tertiary alicyclic amines) is 1. The van der Waals surface area contributed by atoms with Crippen LogP contribution in [0.5, 0.6) is 5.75 Å². The van der Waals surface area contributed by atoms with Gasteiger partial charge in [-0.15, -0.1) is 0 Å². The molecule has 2 fully saturated rings. The van der Waals surface area contributed by atoms with Crippen LogP contribution in [0.2, 0.25) is 0 Å². The van der Waals surface area contributed by atoms with E-state index in [4.69, 9.17) is 4.74 Å². The van der Waals surface area contributed by atoms with Crippen LogP contribution in [0.4, 0.5) is 0 Å². The average Bonchev–Trinajstić information content (AvgIpc) is 3.40. The Hall–Kier alpha value is -2.42. The molecule has 2 aromatic rings. The van der Waals surface area contributed by atoms with Gasteiger partial charge in [-0.2, -0.15) is 4.31 Å². The normalized spacial score (nSPS) is 18.7. The molecule has 2 heterocycles. The number of nitrogens with one attached hydrogen (secondary N) is 1. The fourth-order valence-corrected chi connectivity index (χ4v) is 6.24. The summed E-state index contributed by atoms with van der Waals surface area (Å²) >= 11 is 0. The van der Waals surface area contributed by atoms with E-state index in [1.807, 2.05) is 24.3 Å². The van der Waals surface area contributed by atoms with E-state index in [0.717, 1.165) is 56.5 Å². The zero-order chi connectivity index (χ0) is 23.3. The van der Waals surface area contributed by atoms with Gasteiger partial charge < -0.3 is 10.1 Å². The molecule has 0 aromatic heterocycles. The number of amides is 1. The number of sulfonamides is 1. The lowest BCUT2D eigenvalue weighted by atomic mass is 10.0. The number of carbonyl (C=O) groups is 1. The molecular formula is C25H33N3O4S. The predicted octanol–water partition coefficient (Wildman–Crippen LogP) is 3.44. The van der Waals surface area contributed by atoms with E-state index >= 15 is 0 Å². The van der Waals surface area contributed by atoms with E-state index in [-0.39, 0.29) is 16.8 Å². The van der Waals surface area contributed by atoms with Crippen molar-refractivity contribution in [2.24, 2.45) is 0 Å². The van der Waals surface area contributed by atoms with Crippen molar-refractivity contribution < 1.29 is 17.9 Å². The third kappa shape index (κ3) is 5.57. The number of hydrogen-bond acceptors (Lipinski definition) is 5. The Morgan fingerprint density at radius 1 is 0.970 bits per heavy atom. The predicted molar refractivity (Wildman–Crippen MR) is 128 cm³/mol. The lowest BCUT2D eigenvalue weighted by Gasteiger charge is -2.28. The van der Waals surface area contributed by atoms with Crippen LogP contribution in [0, 0.1) is 0 Å². The maximum Gasteiger partial charge on any atom is 0.251 e. The zero-order valence-corrected chi connectivity index (χ0v) is 20.0. The van der Waals surface area contributed by atoms with Gasteiger partial charge in [-0.25, -0.2) is 8.42 Å². The van der Waals surface area contributed by atoms with Crippen molar-refractivity contribution >= 4 is 15.9 Å².